The lowest BCUT2D eigenvalue weighted by Crippen LogP contribution is -2.52. The number of benzodiazepines with no additional fused rings is 1. The number of benzene rings is 3. The van der Waals surface area contributed by atoms with Crippen LogP contribution < -0.4 is 10.6 Å². The molecular weight excluding hydrogens is 429 g/mol. The fourth-order valence-electron chi connectivity index (χ4n) is 3.57. The summed E-state index contributed by atoms with van der Waals surface area (Å²) < 4.78 is 0. The smallest absolute Gasteiger partial charge is 0.269 e. The second-order valence-corrected chi connectivity index (χ2v) is 7.73. The standard InChI is InChI=1S/C25H22ClN3O.ClH/c1-29-22-12-6-5-11-21(22)23(19-9-3-2-4-10-19)28-25(27,24(29)30)17-7-8-18-13-15-20(26)16-14-18;/h2-16H,17,27H2,1H3;1H. The van der Waals surface area contributed by atoms with Crippen molar-refractivity contribution in [2.24, 2.45) is 10.7 Å². The van der Waals surface area contributed by atoms with Gasteiger partial charge < -0.3 is 4.90 Å². The van der Waals surface area contributed by atoms with Crippen LogP contribution in [0.2, 0.25) is 5.02 Å². The van der Waals surface area contributed by atoms with E-state index in [2.05, 4.69) is 0 Å². The topological polar surface area (TPSA) is 58.7 Å². The van der Waals surface area contributed by atoms with Crippen LogP contribution in [0, 0.1) is 0 Å². The lowest BCUT2D eigenvalue weighted by atomic mass is 10.00. The molecule has 6 heteroatoms. The Morgan fingerprint density at radius 3 is 2.35 bits per heavy atom. The second kappa shape index (κ2) is 9.48. The monoisotopic (exact) mass is 451 g/mol. The Bertz CT molecular complexity index is 1130. The molecule has 0 fully saturated rings. The molecule has 0 spiro atoms. The maximum absolute atomic E-state index is 13.3. The van der Waals surface area contributed by atoms with Crippen molar-refractivity contribution in [2.45, 2.75) is 12.1 Å². The summed E-state index contributed by atoms with van der Waals surface area (Å²) in [6.45, 7) is 0. The van der Waals surface area contributed by atoms with E-state index < -0.39 is 5.66 Å². The molecule has 2 N–H and O–H groups in total. The Balaban J connectivity index is 0.00000272. The maximum Gasteiger partial charge on any atom is 0.269 e. The SMILES string of the molecule is CN1C(=O)C(N)(CC=Cc2ccc(Cl)cc2)N=C(c2ccccc2)c2ccccc21.Cl. The van der Waals surface area contributed by atoms with Crippen molar-refractivity contribution in [3.8, 4) is 0 Å². The van der Waals surface area contributed by atoms with E-state index in [1.165, 1.54) is 0 Å². The van der Waals surface area contributed by atoms with Crippen LogP contribution in [0.5, 0.6) is 0 Å². The number of likely N-dealkylation sites (N-methyl/N-ethyl adjacent to an activating group) is 1. The predicted molar refractivity (Wildman–Crippen MR) is 131 cm³/mol. The number of hydrogen-bond acceptors (Lipinski definition) is 3. The van der Waals surface area contributed by atoms with E-state index in [0.717, 1.165) is 22.4 Å². The first-order valence-electron chi connectivity index (χ1n) is 9.72. The molecule has 0 bridgehead atoms. The first-order valence-corrected chi connectivity index (χ1v) is 10.1. The van der Waals surface area contributed by atoms with Gasteiger partial charge in [-0.15, -0.1) is 12.4 Å². The molecule has 4 nitrogen and oxygen atoms in total. The van der Waals surface area contributed by atoms with Crippen LogP contribution in [-0.4, -0.2) is 24.3 Å². The maximum atomic E-state index is 13.3. The Kier molecular flexibility index (Phi) is 6.96. The average molecular weight is 452 g/mol. The van der Waals surface area contributed by atoms with Crippen LogP contribution in [-0.2, 0) is 4.79 Å². The van der Waals surface area contributed by atoms with Crippen molar-refractivity contribution in [1.82, 2.24) is 0 Å². The van der Waals surface area contributed by atoms with E-state index >= 15 is 0 Å². The van der Waals surface area contributed by atoms with Gasteiger partial charge in [0, 0.05) is 29.6 Å². The summed E-state index contributed by atoms with van der Waals surface area (Å²) in [6.07, 6.45) is 4.08. The quantitative estimate of drug-likeness (QED) is 0.582. The number of amides is 1. The van der Waals surface area contributed by atoms with Gasteiger partial charge >= 0.3 is 0 Å². The Labute approximate surface area is 193 Å². The van der Waals surface area contributed by atoms with Gasteiger partial charge in [0.05, 0.1) is 11.4 Å². The van der Waals surface area contributed by atoms with Gasteiger partial charge in [0.15, 0.2) is 5.66 Å². The zero-order chi connectivity index (χ0) is 21.1. The molecule has 3 aromatic carbocycles. The fraction of sp³-hybridized carbons (Fsp3) is 0.120. The number of para-hydroxylation sites is 1. The van der Waals surface area contributed by atoms with E-state index in [1.54, 1.807) is 11.9 Å². The summed E-state index contributed by atoms with van der Waals surface area (Å²) in [6, 6.07) is 25.0. The van der Waals surface area contributed by atoms with Gasteiger partial charge in [-0.1, -0.05) is 84.4 Å². The molecule has 4 rings (SSSR count). The van der Waals surface area contributed by atoms with Crippen LogP contribution in [0.4, 0.5) is 5.69 Å². The number of carbonyl (C=O) groups is 1. The first-order chi connectivity index (χ1) is 14.5. The zero-order valence-corrected chi connectivity index (χ0v) is 18.6. The lowest BCUT2D eigenvalue weighted by molar-refractivity contribution is -0.123. The van der Waals surface area contributed by atoms with Crippen molar-refractivity contribution in [3.63, 3.8) is 0 Å². The van der Waals surface area contributed by atoms with Gasteiger partial charge in [-0.25, -0.2) is 0 Å². The molecule has 3 aromatic rings. The summed E-state index contributed by atoms with van der Waals surface area (Å²) in [7, 11) is 1.75. The molecule has 31 heavy (non-hydrogen) atoms. The minimum Gasteiger partial charge on any atom is -0.312 e. The molecule has 1 aliphatic heterocycles. The molecule has 0 aliphatic carbocycles. The van der Waals surface area contributed by atoms with Crippen molar-refractivity contribution in [3.05, 3.63) is 107 Å². The number of fused-ring (bicyclic) bond motifs is 1. The third kappa shape index (κ3) is 4.72. The molecule has 0 radical (unpaired) electrons. The molecule has 1 amide bonds. The minimum absolute atomic E-state index is 0. The molecular formula is C25H23Cl2N3O. The largest absolute Gasteiger partial charge is 0.312 e. The number of nitrogens with two attached hydrogens (primary N) is 1. The molecule has 0 aromatic heterocycles. The number of hydrogen-bond donors (Lipinski definition) is 1. The highest BCUT2D eigenvalue weighted by atomic mass is 35.5. The lowest BCUT2D eigenvalue weighted by Gasteiger charge is -2.26. The van der Waals surface area contributed by atoms with E-state index in [1.807, 2.05) is 91.0 Å². The number of anilines is 1. The molecule has 0 saturated carbocycles. The number of carbonyl (C=O) groups excluding carboxylic acids is 1. The third-order valence-corrected chi connectivity index (χ3v) is 5.42. The number of rotatable bonds is 4. The van der Waals surface area contributed by atoms with Gasteiger partial charge in [-0.2, -0.15) is 0 Å². The highest BCUT2D eigenvalue weighted by Gasteiger charge is 2.39. The van der Waals surface area contributed by atoms with Crippen LogP contribution in [0.25, 0.3) is 6.08 Å². The normalized spacial score (nSPS) is 18.2. The van der Waals surface area contributed by atoms with Crippen molar-refractivity contribution < 1.29 is 4.79 Å². The predicted octanol–water partition coefficient (Wildman–Crippen LogP) is 5.33. The van der Waals surface area contributed by atoms with Crippen LogP contribution >= 0.6 is 24.0 Å². The first kappa shape index (κ1) is 22.8. The van der Waals surface area contributed by atoms with Crippen LogP contribution in [0.3, 0.4) is 0 Å². The summed E-state index contributed by atoms with van der Waals surface area (Å²) in [5.41, 5.74) is 9.51. The van der Waals surface area contributed by atoms with E-state index in [9.17, 15) is 4.79 Å². The van der Waals surface area contributed by atoms with E-state index in [4.69, 9.17) is 22.3 Å². The Hall–Kier alpha value is -2.92. The summed E-state index contributed by atoms with van der Waals surface area (Å²) in [4.78, 5) is 19.8. The van der Waals surface area contributed by atoms with Crippen molar-refractivity contribution in [2.75, 3.05) is 11.9 Å². The van der Waals surface area contributed by atoms with Gasteiger partial charge in [-0.05, 0) is 23.8 Å². The van der Waals surface area contributed by atoms with E-state index in [0.29, 0.717) is 10.7 Å². The molecule has 1 unspecified atom stereocenters. The summed E-state index contributed by atoms with van der Waals surface area (Å²) in [5, 5.41) is 0.679. The number of halogens is 2. The number of aliphatic imine (C=N–C) groups is 1. The zero-order valence-electron chi connectivity index (χ0n) is 17.0. The average Bonchev–Trinajstić information content (AvgIpc) is 2.86. The van der Waals surface area contributed by atoms with Gasteiger partial charge in [0.1, 0.15) is 0 Å². The van der Waals surface area contributed by atoms with Crippen LogP contribution in [0.15, 0.2) is 89.9 Å². The third-order valence-electron chi connectivity index (χ3n) is 5.16. The summed E-state index contributed by atoms with van der Waals surface area (Å²) in [5.74, 6) is -0.248. The number of nitrogens with zero attached hydrogens (tertiary/aromatic N) is 2. The van der Waals surface area contributed by atoms with Gasteiger partial charge in [0.25, 0.3) is 5.91 Å². The van der Waals surface area contributed by atoms with Gasteiger partial charge in [0.2, 0.25) is 0 Å². The minimum atomic E-state index is -1.41. The van der Waals surface area contributed by atoms with Crippen molar-refractivity contribution in [1.29, 1.82) is 0 Å². The fourth-order valence-corrected chi connectivity index (χ4v) is 3.70. The molecule has 158 valence electrons. The van der Waals surface area contributed by atoms with E-state index in [-0.39, 0.29) is 24.7 Å². The van der Waals surface area contributed by atoms with Crippen molar-refractivity contribution >= 4 is 47.4 Å². The second-order valence-electron chi connectivity index (χ2n) is 7.29. The Morgan fingerprint density at radius 2 is 1.65 bits per heavy atom. The Morgan fingerprint density at radius 1 is 1.00 bits per heavy atom. The molecule has 1 heterocycles. The molecule has 0 saturated heterocycles. The highest BCUT2D eigenvalue weighted by molar-refractivity contribution is 6.30. The summed E-state index contributed by atoms with van der Waals surface area (Å²) >= 11 is 5.95. The van der Waals surface area contributed by atoms with Crippen LogP contribution in [0.1, 0.15) is 23.1 Å². The van der Waals surface area contributed by atoms with Gasteiger partial charge in [-0.3, -0.25) is 15.5 Å². The molecule has 1 aliphatic rings. The highest BCUT2D eigenvalue weighted by Crippen LogP contribution is 2.31. The molecule has 1 atom stereocenters.